The molecule has 0 bridgehead atoms. The van der Waals surface area contributed by atoms with Gasteiger partial charge in [0.25, 0.3) is 0 Å². The zero-order valence-electron chi connectivity index (χ0n) is 11.0. The Bertz CT molecular complexity index is 651. The minimum atomic E-state index is -0.542. The van der Waals surface area contributed by atoms with Crippen LogP contribution in [0.3, 0.4) is 0 Å². The fraction of sp³-hybridized carbons (Fsp3) is 0.154. The van der Waals surface area contributed by atoms with E-state index in [1.165, 1.54) is 12.3 Å². The minimum absolute atomic E-state index is 0.153. The van der Waals surface area contributed by atoms with E-state index >= 15 is 0 Å². The monoisotopic (exact) mass is 308 g/mol. The second-order valence-electron chi connectivity index (χ2n) is 4.13. The van der Waals surface area contributed by atoms with Crippen molar-refractivity contribution in [2.45, 2.75) is 0 Å². The maximum absolute atomic E-state index is 10.9. The first-order valence-corrected chi connectivity index (χ1v) is 6.46. The Hall–Kier alpha value is -2.54. The van der Waals surface area contributed by atoms with Crippen molar-refractivity contribution in [3.8, 4) is 5.75 Å². The molecule has 0 aliphatic heterocycles. The van der Waals surface area contributed by atoms with Crippen LogP contribution in [0.25, 0.3) is 0 Å². The Balaban J connectivity index is 1.90. The van der Waals surface area contributed by atoms with E-state index in [-0.39, 0.29) is 16.5 Å². The number of nitro groups is 1. The summed E-state index contributed by atoms with van der Waals surface area (Å²) in [5.74, 6) is 0.788. The number of nitrogens with one attached hydrogen (secondary N) is 1. The maximum atomic E-state index is 10.9. The third-order valence-corrected chi connectivity index (χ3v) is 2.76. The predicted octanol–water partition coefficient (Wildman–Crippen LogP) is 2.72. The summed E-state index contributed by atoms with van der Waals surface area (Å²) in [5, 5.41) is 13.9. The summed E-state index contributed by atoms with van der Waals surface area (Å²) in [7, 11) is 0. The van der Waals surface area contributed by atoms with Crippen LogP contribution in [0.4, 0.5) is 17.2 Å². The number of hydrogen-bond donors (Lipinski definition) is 2. The molecule has 0 saturated heterocycles. The highest BCUT2D eigenvalue weighted by molar-refractivity contribution is 6.30. The summed E-state index contributed by atoms with van der Waals surface area (Å²) in [4.78, 5) is 14.2. The van der Waals surface area contributed by atoms with Gasteiger partial charge in [-0.1, -0.05) is 17.7 Å². The summed E-state index contributed by atoms with van der Waals surface area (Å²) >= 11 is 5.69. The van der Waals surface area contributed by atoms with Crippen LogP contribution < -0.4 is 15.8 Å². The molecule has 0 saturated carbocycles. The van der Waals surface area contributed by atoms with Gasteiger partial charge in [-0.15, -0.1) is 0 Å². The van der Waals surface area contributed by atoms with E-state index in [1.807, 2.05) is 0 Å². The van der Waals surface area contributed by atoms with Crippen LogP contribution in [0.2, 0.25) is 5.02 Å². The molecule has 0 spiro atoms. The normalized spacial score (nSPS) is 10.1. The lowest BCUT2D eigenvalue weighted by atomic mass is 10.3. The summed E-state index contributed by atoms with van der Waals surface area (Å²) in [5.41, 5.74) is 6.06. The van der Waals surface area contributed by atoms with Crippen LogP contribution in [0.1, 0.15) is 0 Å². The number of benzene rings is 1. The van der Waals surface area contributed by atoms with Gasteiger partial charge < -0.3 is 15.8 Å². The van der Waals surface area contributed by atoms with Crippen LogP contribution in [0.5, 0.6) is 5.75 Å². The van der Waals surface area contributed by atoms with Crippen molar-refractivity contribution in [2.75, 3.05) is 24.2 Å². The average molecular weight is 309 g/mol. The van der Waals surface area contributed by atoms with E-state index in [2.05, 4.69) is 10.3 Å². The molecule has 0 fully saturated rings. The van der Waals surface area contributed by atoms with E-state index in [9.17, 15) is 10.1 Å². The van der Waals surface area contributed by atoms with E-state index in [0.29, 0.717) is 24.6 Å². The van der Waals surface area contributed by atoms with Crippen molar-refractivity contribution in [1.82, 2.24) is 4.98 Å². The number of pyridine rings is 1. The van der Waals surface area contributed by atoms with Crippen molar-refractivity contribution in [3.63, 3.8) is 0 Å². The molecule has 0 atom stereocenters. The molecule has 7 nitrogen and oxygen atoms in total. The Morgan fingerprint density at radius 1 is 1.43 bits per heavy atom. The molecule has 0 unspecified atom stereocenters. The van der Waals surface area contributed by atoms with Gasteiger partial charge in [-0.3, -0.25) is 10.1 Å². The molecule has 1 aromatic heterocycles. The average Bonchev–Trinajstić information content (AvgIpc) is 2.44. The predicted molar refractivity (Wildman–Crippen MR) is 80.7 cm³/mol. The molecule has 8 heteroatoms. The van der Waals surface area contributed by atoms with E-state index in [0.717, 1.165) is 0 Å². The van der Waals surface area contributed by atoms with Crippen LogP contribution >= 0.6 is 11.6 Å². The van der Waals surface area contributed by atoms with Crippen LogP contribution in [0.15, 0.2) is 36.5 Å². The van der Waals surface area contributed by atoms with Crippen molar-refractivity contribution < 1.29 is 9.66 Å². The number of nitrogen functional groups attached to an aromatic ring is 1. The van der Waals surface area contributed by atoms with E-state index < -0.39 is 4.92 Å². The lowest BCUT2D eigenvalue weighted by molar-refractivity contribution is -0.384. The highest BCUT2D eigenvalue weighted by atomic mass is 35.5. The standard InChI is InChI=1S/C13H13ClN4O3/c14-9-6-12(18(19)20)13(17-8-9)16-4-5-21-11-3-1-2-10(15)7-11/h1-3,6-8H,4-5,15H2,(H,16,17). The topological polar surface area (TPSA) is 103 Å². The van der Waals surface area contributed by atoms with Crippen molar-refractivity contribution >= 4 is 28.8 Å². The first-order chi connectivity index (χ1) is 10.1. The second kappa shape index (κ2) is 6.76. The SMILES string of the molecule is Nc1cccc(OCCNc2ncc(Cl)cc2[N+](=O)[O-])c1. The zero-order valence-corrected chi connectivity index (χ0v) is 11.7. The molecule has 3 N–H and O–H groups in total. The smallest absolute Gasteiger partial charge is 0.312 e. The molecule has 2 rings (SSSR count). The van der Waals surface area contributed by atoms with Gasteiger partial charge in [0.15, 0.2) is 0 Å². The number of halogens is 1. The van der Waals surface area contributed by atoms with Crippen molar-refractivity contribution in [2.24, 2.45) is 0 Å². The fourth-order valence-corrected chi connectivity index (χ4v) is 1.80. The van der Waals surface area contributed by atoms with E-state index in [1.54, 1.807) is 24.3 Å². The molecule has 21 heavy (non-hydrogen) atoms. The Morgan fingerprint density at radius 3 is 2.95 bits per heavy atom. The number of hydrogen-bond acceptors (Lipinski definition) is 6. The minimum Gasteiger partial charge on any atom is -0.492 e. The molecule has 1 heterocycles. The molecule has 110 valence electrons. The highest BCUT2D eigenvalue weighted by Crippen LogP contribution is 2.24. The zero-order chi connectivity index (χ0) is 15.2. The third kappa shape index (κ3) is 4.22. The van der Waals surface area contributed by atoms with Crippen LogP contribution in [-0.4, -0.2) is 23.1 Å². The summed E-state index contributed by atoms with van der Waals surface area (Å²) < 4.78 is 5.47. The van der Waals surface area contributed by atoms with Gasteiger partial charge in [-0.25, -0.2) is 4.98 Å². The summed E-state index contributed by atoms with van der Waals surface area (Å²) in [6.45, 7) is 0.662. The Morgan fingerprint density at radius 2 is 2.24 bits per heavy atom. The number of rotatable bonds is 6. The third-order valence-electron chi connectivity index (χ3n) is 2.55. The summed E-state index contributed by atoms with van der Waals surface area (Å²) in [6.07, 6.45) is 1.34. The molecule has 0 aliphatic rings. The molecule has 0 aliphatic carbocycles. The largest absolute Gasteiger partial charge is 0.492 e. The first kappa shape index (κ1) is 14.9. The molecule has 0 radical (unpaired) electrons. The Kier molecular flexibility index (Phi) is 4.78. The second-order valence-corrected chi connectivity index (χ2v) is 4.56. The lowest BCUT2D eigenvalue weighted by Gasteiger charge is -2.08. The molecular weight excluding hydrogens is 296 g/mol. The quantitative estimate of drug-likeness (QED) is 0.368. The van der Waals surface area contributed by atoms with Crippen LogP contribution in [0, 0.1) is 10.1 Å². The van der Waals surface area contributed by atoms with Crippen LogP contribution in [-0.2, 0) is 0 Å². The Labute approximate surface area is 125 Å². The number of anilines is 2. The molecule has 2 aromatic rings. The van der Waals surface area contributed by atoms with Gasteiger partial charge in [-0.2, -0.15) is 0 Å². The highest BCUT2D eigenvalue weighted by Gasteiger charge is 2.15. The van der Waals surface area contributed by atoms with Gasteiger partial charge >= 0.3 is 5.69 Å². The van der Waals surface area contributed by atoms with Crippen molar-refractivity contribution in [1.29, 1.82) is 0 Å². The lowest BCUT2D eigenvalue weighted by Crippen LogP contribution is -2.13. The molecule has 1 aromatic carbocycles. The van der Waals surface area contributed by atoms with Gasteiger partial charge in [0.2, 0.25) is 5.82 Å². The maximum Gasteiger partial charge on any atom is 0.312 e. The van der Waals surface area contributed by atoms with Crippen molar-refractivity contribution in [3.05, 3.63) is 51.7 Å². The first-order valence-electron chi connectivity index (χ1n) is 6.08. The number of nitrogens with two attached hydrogens (primary N) is 1. The number of nitrogens with zero attached hydrogens (tertiary/aromatic N) is 2. The van der Waals surface area contributed by atoms with E-state index in [4.69, 9.17) is 22.1 Å². The number of ether oxygens (including phenoxy) is 1. The molecular formula is C13H13ClN4O3. The summed E-state index contributed by atoms with van der Waals surface area (Å²) in [6, 6.07) is 8.26. The molecule has 0 amide bonds. The van der Waals surface area contributed by atoms with Gasteiger partial charge in [0, 0.05) is 24.0 Å². The van der Waals surface area contributed by atoms with Gasteiger partial charge in [0.05, 0.1) is 16.5 Å². The number of aromatic nitrogens is 1. The fourth-order valence-electron chi connectivity index (χ4n) is 1.65. The van der Waals surface area contributed by atoms with Gasteiger partial charge in [0.1, 0.15) is 12.4 Å². The van der Waals surface area contributed by atoms with Gasteiger partial charge in [-0.05, 0) is 12.1 Å².